The molecule has 4 aromatic rings. The number of benzene rings is 2. The zero-order chi connectivity index (χ0) is 20.3. The Bertz CT molecular complexity index is 1130. The fraction of sp³-hybridized carbons (Fsp3) is 0.280. The van der Waals surface area contributed by atoms with Gasteiger partial charge in [-0.05, 0) is 31.4 Å². The SMILES string of the molecule is Cc1cc(NC2CCN(Cc3ccccc3)CC2)nc(-c2csc3ccccc23)n1. The van der Waals surface area contributed by atoms with E-state index >= 15 is 0 Å². The lowest BCUT2D eigenvalue weighted by Crippen LogP contribution is -2.38. The highest BCUT2D eigenvalue weighted by Gasteiger charge is 2.20. The molecule has 0 atom stereocenters. The van der Waals surface area contributed by atoms with Crippen molar-refractivity contribution in [2.75, 3.05) is 18.4 Å². The minimum absolute atomic E-state index is 0.457. The van der Waals surface area contributed by atoms with Crippen LogP contribution in [0, 0.1) is 6.92 Å². The van der Waals surface area contributed by atoms with Gasteiger partial charge in [0.25, 0.3) is 0 Å². The molecule has 4 nitrogen and oxygen atoms in total. The van der Waals surface area contributed by atoms with E-state index in [1.165, 1.54) is 15.6 Å². The van der Waals surface area contributed by atoms with Gasteiger partial charge >= 0.3 is 0 Å². The van der Waals surface area contributed by atoms with E-state index in [1.807, 2.05) is 6.92 Å². The van der Waals surface area contributed by atoms with Crippen LogP contribution in [-0.4, -0.2) is 34.0 Å². The predicted octanol–water partition coefficient (Wildman–Crippen LogP) is 5.74. The number of rotatable bonds is 5. The summed E-state index contributed by atoms with van der Waals surface area (Å²) < 4.78 is 1.28. The number of likely N-dealkylation sites (tertiary alicyclic amines) is 1. The van der Waals surface area contributed by atoms with Crippen molar-refractivity contribution in [3.8, 4) is 11.4 Å². The van der Waals surface area contributed by atoms with Crippen LogP contribution in [0.25, 0.3) is 21.5 Å². The van der Waals surface area contributed by atoms with Crippen molar-refractivity contribution in [3.05, 3.63) is 77.3 Å². The Kier molecular flexibility index (Phi) is 5.47. The molecule has 0 aliphatic carbocycles. The Hall–Kier alpha value is -2.76. The van der Waals surface area contributed by atoms with Crippen LogP contribution in [0.4, 0.5) is 5.82 Å². The molecule has 0 radical (unpaired) electrons. The Labute approximate surface area is 181 Å². The van der Waals surface area contributed by atoms with Gasteiger partial charge in [-0.3, -0.25) is 4.90 Å². The standard InChI is InChI=1S/C25H26N4S/c1-18-15-24(28-25(26-18)22-17-30-23-10-6-5-9-21(22)23)27-20-11-13-29(14-12-20)16-19-7-3-2-4-8-19/h2-10,15,17,20H,11-14,16H2,1H3,(H,26,27,28). The molecule has 1 N–H and O–H groups in total. The van der Waals surface area contributed by atoms with Crippen molar-refractivity contribution in [1.29, 1.82) is 0 Å². The summed E-state index contributed by atoms with van der Waals surface area (Å²) in [6.07, 6.45) is 2.26. The van der Waals surface area contributed by atoms with Crippen LogP contribution in [0.15, 0.2) is 66.0 Å². The van der Waals surface area contributed by atoms with Gasteiger partial charge in [0.1, 0.15) is 5.82 Å². The van der Waals surface area contributed by atoms with Gasteiger partial charge in [-0.25, -0.2) is 9.97 Å². The van der Waals surface area contributed by atoms with E-state index in [2.05, 4.69) is 76.3 Å². The molecular weight excluding hydrogens is 388 g/mol. The highest BCUT2D eigenvalue weighted by molar-refractivity contribution is 7.17. The molecule has 5 heteroatoms. The molecule has 0 saturated carbocycles. The van der Waals surface area contributed by atoms with Crippen molar-refractivity contribution in [2.45, 2.75) is 32.4 Å². The molecule has 2 aromatic heterocycles. The van der Waals surface area contributed by atoms with E-state index in [4.69, 9.17) is 9.97 Å². The number of thiophene rings is 1. The van der Waals surface area contributed by atoms with Crippen molar-refractivity contribution in [3.63, 3.8) is 0 Å². The predicted molar refractivity (Wildman–Crippen MR) is 126 cm³/mol. The van der Waals surface area contributed by atoms with Gasteiger partial charge in [-0.1, -0.05) is 48.5 Å². The lowest BCUT2D eigenvalue weighted by molar-refractivity contribution is 0.211. The van der Waals surface area contributed by atoms with Crippen LogP contribution in [0.5, 0.6) is 0 Å². The molecule has 0 unspecified atom stereocenters. The topological polar surface area (TPSA) is 41.0 Å². The van der Waals surface area contributed by atoms with Gasteiger partial charge in [0, 0.05) is 58.5 Å². The Balaban J connectivity index is 1.27. The maximum Gasteiger partial charge on any atom is 0.163 e. The van der Waals surface area contributed by atoms with Crippen LogP contribution in [0.2, 0.25) is 0 Å². The number of piperidine rings is 1. The molecular formula is C25H26N4S. The second kappa shape index (κ2) is 8.54. The summed E-state index contributed by atoms with van der Waals surface area (Å²) in [5.41, 5.74) is 3.52. The summed E-state index contributed by atoms with van der Waals surface area (Å²) >= 11 is 1.75. The van der Waals surface area contributed by atoms with E-state index in [1.54, 1.807) is 11.3 Å². The Morgan fingerprint density at radius 2 is 1.77 bits per heavy atom. The lowest BCUT2D eigenvalue weighted by atomic mass is 10.0. The van der Waals surface area contributed by atoms with E-state index < -0.39 is 0 Å². The molecule has 1 aliphatic heterocycles. The molecule has 0 spiro atoms. The van der Waals surface area contributed by atoms with Crippen molar-refractivity contribution >= 4 is 27.2 Å². The fourth-order valence-electron chi connectivity index (χ4n) is 4.20. The third-order valence-corrected chi connectivity index (χ3v) is 6.73. The summed E-state index contributed by atoms with van der Waals surface area (Å²) in [4.78, 5) is 12.1. The van der Waals surface area contributed by atoms with Crippen molar-refractivity contribution < 1.29 is 0 Å². The first kappa shape index (κ1) is 19.2. The molecule has 0 amide bonds. The molecule has 1 aliphatic rings. The molecule has 30 heavy (non-hydrogen) atoms. The lowest BCUT2D eigenvalue weighted by Gasteiger charge is -2.32. The highest BCUT2D eigenvalue weighted by atomic mass is 32.1. The number of fused-ring (bicyclic) bond motifs is 1. The quantitative estimate of drug-likeness (QED) is 0.452. The largest absolute Gasteiger partial charge is 0.367 e. The van der Waals surface area contributed by atoms with Gasteiger partial charge in [0.05, 0.1) is 0 Å². The van der Waals surface area contributed by atoms with E-state index in [0.717, 1.165) is 55.4 Å². The van der Waals surface area contributed by atoms with E-state index in [9.17, 15) is 0 Å². The van der Waals surface area contributed by atoms with Crippen LogP contribution in [-0.2, 0) is 6.54 Å². The van der Waals surface area contributed by atoms with Gasteiger partial charge < -0.3 is 5.32 Å². The van der Waals surface area contributed by atoms with Crippen LogP contribution >= 0.6 is 11.3 Å². The van der Waals surface area contributed by atoms with Crippen LogP contribution in [0.1, 0.15) is 24.1 Å². The third-order valence-electron chi connectivity index (χ3n) is 5.76. The maximum absolute atomic E-state index is 4.88. The average molecular weight is 415 g/mol. The second-order valence-corrected chi connectivity index (χ2v) is 8.96. The van der Waals surface area contributed by atoms with Crippen molar-refractivity contribution in [2.24, 2.45) is 0 Å². The smallest absolute Gasteiger partial charge is 0.163 e. The zero-order valence-electron chi connectivity index (χ0n) is 17.2. The van der Waals surface area contributed by atoms with Gasteiger partial charge in [-0.2, -0.15) is 0 Å². The number of nitrogens with zero attached hydrogens (tertiary/aromatic N) is 3. The highest BCUT2D eigenvalue weighted by Crippen LogP contribution is 2.32. The number of anilines is 1. The average Bonchev–Trinajstić information content (AvgIpc) is 3.20. The molecule has 152 valence electrons. The van der Waals surface area contributed by atoms with Gasteiger partial charge in [-0.15, -0.1) is 11.3 Å². The summed E-state index contributed by atoms with van der Waals surface area (Å²) in [5, 5.41) is 7.08. The number of aryl methyl sites for hydroxylation is 1. The third kappa shape index (κ3) is 4.23. The van der Waals surface area contributed by atoms with Crippen LogP contribution < -0.4 is 5.32 Å². The van der Waals surface area contributed by atoms with Crippen molar-refractivity contribution in [1.82, 2.24) is 14.9 Å². The number of nitrogens with one attached hydrogen (secondary N) is 1. The molecule has 2 aromatic carbocycles. The number of hydrogen-bond acceptors (Lipinski definition) is 5. The first-order chi connectivity index (χ1) is 14.7. The molecule has 1 saturated heterocycles. The summed E-state index contributed by atoms with van der Waals surface area (Å²) in [5.74, 6) is 1.76. The molecule has 3 heterocycles. The first-order valence-corrected chi connectivity index (χ1v) is 11.5. The summed E-state index contributed by atoms with van der Waals surface area (Å²) in [6.45, 7) is 5.31. The number of hydrogen-bond donors (Lipinski definition) is 1. The molecule has 5 rings (SSSR count). The maximum atomic E-state index is 4.88. The van der Waals surface area contributed by atoms with Gasteiger partial charge in [0.15, 0.2) is 5.82 Å². The zero-order valence-corrected chi connectivity index (χ0v) is 18.0. The van der Waals surface area contributed by atoms with Gasteiger partial charge in [0.2, 0.25) is 0 Å². The van der Waals surface area contributed by atoms with E-state index in [0.29, 0.717) is 6.04 Å². The first-order valence-electron chi connectivity index (χ1n) is 10.6. The molecule has 1 fully saturated rings. The number of aromatic nitrogens is 2. The normalized spacial score (nSPS) is 15.5. The van der Waals surface area contributed by atoms with Crippen LogP contribution in [0.3, 0.4) is 0 Å². The monoisotopic (exact) mass is 414 g/mol. The summed E-state index contributed by atoms with van der Waals surface area (Å²) in [7, 11) is 0. The van der Waals surface area contributed by atoms with E-state index in [-0.39, 0.29) is 0 Å². The second-order valence-electron chi connectivity index (χ2n) is 8.04. The molecule has 0 bridgehead atoms. The minimum atomic E-state index is 0.457. The minimum Gasteiger partial charge on any atom is -0.367 e. The fourth-order valence-corrected chi connectivity index (χ4v) is 5.14. The Morgan fingerprint density at radius 3 is 2.60 bits per heavy atom. The Morgan fingerprint density at radius 1 is 1.00 bits per heavy atom. The summed E-state index contributed by atoms with van der Waals surface area (Å²) in [6, 6.07) is 21.7.